The zero-order chi connectivity index (χ0) is 38.6. The van der Waals surface area contributed by atoms with Gasteiger partial charge in [-0.25, -0.2) is 9.46 Å². The van der Waals surface area contributed by atoms with Crippen molar-refractivity contribution in [1.82, 2.24) is 14.2 Å². The quantitative estimate of drug-likeness (QED) is 0.0959. The number of methoxy groups -OCH3 is 2. The Balaban J connectivity index is 1.16. The number of benzene rings is 4. The van der Waals surface area contributed by atoms with E-state index < -0.39 is 38.3 Å². The van der Waals surface area contributed by atoms with Crippen LogP contribution in [0.25, 0.3) is 0 Å². The van der Waals surface area contributed by atoms with E-state index in [-0.39, 0.29) is 30.5 Å². The van der Waals surface area contributed by atoms with Gasteiger partial charge in [0.15, 0.2) is 0 Å². The molecule has 1 amide bonds. The van der Waals surface area contributed by atoms with Crippen LogP contribution in [0.2, 0.25) is 0 Å². The largest absolute Gasteiger partial charge is 0.497 e. The molecule has 3 aliphatic rings. The summed E-state index contributed by atoms with van der Waals surface area (Å²) >= 11 is 0. The Kier molecular flexibility index (Phi) is 11.3. The molecule has 3 unspecified atom stereocenters. The van der Waals surface area contributed by atoms with E-state index in [1.807, 2.05) is 84.9 Å². The van der Waals surface area contributed by atoms with E-state index in [0.717, 1.165) is 53.1 Å². The van der Waals surface area contributed by atoms with Gasteiger partial charge in [0.1, 0.15) is 41.4 Å². The molecule has 5 aromatic rings. The summed E-state index contributed by atoms with van der Waals surface area (Å²) in [4.78, 5) is 29.2. The van der Waals surface area contributed by atoms with Gasteiger partial charge < -0.3 is 33.3 Å². The number of hydrogen-bond acceptors (Lipinski definition) is 10. The van der Waals surface area contributed by atoms with E-state index in [4.69, 9.17) is 28.0 Å². The van der Waals surface area contributed by atoms with Crippen LogP contribution in [0.4, 0.5) is 5.82 Å². The van der Waals surface area contributed by atoms with Crippen LogP contribution in [0.5, 0.6) is 11.5 Å². The Morgan fingerprint density at radius 2 is 1.50 bits per heavy atom. The Morgan fingerprint density at radius 3 is 2.11 bits per heavy atom. The predicted molar refractivity (Wildman–Crippen MR) is 211 cm³/mol. The summed E-state index contributed by atoms with van der Waals surface area (Å²) in [6.07, 6.45) is 2.05. The molecule has 0 radical (unpaired) electrons. The van der Waals surface area contributed by atoms with Gasteiger partial charge in [-0.1, -0.05) is 84.9 Å². The van der Waals surface area contributed by atoms with Crippen LogP contribution in [-0.4, -0.2) is 65.7 Å². The lowest BCUT2D eigenvalue weighted by molar-refractivity contribution is -0.114. The van der Waals surface area contributed by atoms with E-state index in [1.54, 1.807) is 26.5 Å². The lowest BCUT2D eigenvalue weighted by Crippen LogP contribution is -2.38. The smallest absolute Gasteiger partial charge is 0.351 e. The Hall–Kier alpha value is -4.94. The highest BCUT2D eigenvalue weighted by Gasteiger charge is 2.51. The van der Waals surface area contributed by atoms with Gasteiger partial charge >= 0.3 is 5.69 Å². The van der Waals surface area contributed by atoms with Crippen LogP contribution < -0.4 is 20.5 Å². The molecule has 0 bridgehead atoms. The van der Waals surface area contributed by atoms with E-state index in [9.17, 15) is 9.59 Å². The maximum Gasteiger partial charge on any atom is 0.351 e. The van der Waals surface area contributed by atoms with Crippen molar-refractivity contribution in [1.29, 1.82) is 0 Å². The second-order valence-corrected chi connectivity index (χ2v) is 15.5. The van der Waals surface area contributed by atoms with Gasteiger partial charge in [0, 0.05) is 32.1 Å². The Labute approximate surface area is 327 Å². The number of aromatic nitrogens is 2. The fraction of sp³-hybridized carbons (Fsp3) is 0.326. The normalized spacial score (nSPS) is 23.5. The van der Waals surface area contributed by atoms with Gasteiger partial charge in [-0.05, 0) is 65.4 Å². The number of rotatable bonds is 13. The topological polar surface area (TPSA) is 123 Å². The highest BCUT2D eigenvalue weighted by Crippen LogP contribution is 2.61. The number of nitrogens with zero attached hydrogens (tertiary/aromatic N) is 3. The van der Waals surface area contributed by atoms with Crippen molar-refractivity contribution in [3.05, 3.63) is 154 Å². The molecule has 13 heteroatoms. The Morgan fingerprint density at radius 1 is 0.875 bits per heavy atom. The minimum atomic E-state index is -1.46. The fourth-order valence-corrected chi connectivity index (χ4v) is 9.92. The zero-order valence-corrected chi connectivity index (χ0v) is 32.4. The minimum Gasteiger partial charge on any atom is -0.497 e. The second kappa shape index (κ2) is 16.7. The molecule has 4 heterocycles. The molecular weight excluding hydrogens is 731 g/mol. The number of carbonyl (C=O) groups is 1. The maximum atomic E-state index is 13.4. The number of anilines is 1. The van der Waals surface area contributed by atoms with E-state index in [0.29, 0.717) is 6.42 Å². The van der Waals surface area contributed by atoms with Gasteiger partial charge in [-0.2, -0.15) is 4.98 Å². The molecule has 6 atom stereocenters. The van der Waals surface area contributed by atoms with Gasteiger partial charge in [0.2, 0.25) is 5.91 Å². The standard InChI is InChI=1S/C43H45N4O8P/c1-29(48)44-39-24-26-46(42(49)45-39)40-27-37(54-56-47-25-10-15-36(47)41(55-56)30-11-6-4-7-12-30)38(53-40)28-52-43(31-13-8-5-9-14-31,32-16-20-34(50-2)21-17-32)33-18-22-35(51-3)23-19-33/h4-9,11-14,16-24,26,36-38,40-41H,10,15,25,27-28H2,1-3H3,(H,44,45,48,49)/t36-,37?,38?,40?,41+,56-/m0/s1. The third-order valence-corrected chi connectivity index (χ3v) is 12.4. The number of carbonyl (C=O) groups excluding carboxylic acids is 1. The number of nitrogens with one attached hydrogen (secondary N) is 1. The summed E-state index contributed by atoms with van der Waals surface area (Å²) in [5.74, 6) is 1.29. The molecule has 290 valence electrons. The number of ether oxygens (including phenoxy) is 4. The molecule has 1 aromatic heterocycles. The molecule has 12 nitrogen and oxygen atoms in total. The molecule has 0 saturated carbocycles. The fourth-order valence-electron chi connectivity index (χ4n) is 7.94. The van der Waals surface area contributed by atoms with Crippen molar-refractivity contribution in [3.63, 3.8) is 0 Å². The van der Waals surface area contributed by atoms with Crippen molar-refractivity contribution in [2.75, 3.05) is 32.7 Å². The predicted octanol–water partition coefficient (Wildman–Crippen LogP) is 7.36. The average molecular weight is 777 g/mol. The van der Waals surface area contributed by atoms with Crippen molar-refractivity contribution >= 4 is 20.3 Å². The first-order valence-corrected chi connectivity index (χ1v) is 20.0. The van der Waals surface area contributed by atoms with Crippen LogP contribution in [-0.2, 0) is 28.9 Å². The minimum absolute atomic E-state index is 0.0923. The van der Waals surface area contributed by atoms with E-state index >= 15 is 0 Å². The zero-order valence-electron chi connectivity index (χ0n) is 31.5. The van der Waals surface area contributed by atoms with Crippen LogP contribution in [0.1, 0.15) is 60.8 Å². The van der Waals surface area contributed by atoms with Crippen molar-refractivity contribution < 1.29 is 32.8 Å². The number of hydrogen-bond donors (Lipinski definition) is 1. The molecule has 0 spiro atoms. The average Bonchev–Trinajstić information content (AvgIpc) is 3.96. The summed E-state index contributed by atoms with van der Waals surface area (Å²) < 4.78 is 42.7. The number of amides is 1. The van der Waals surface area contributed by atoms with Gasteiger partial charge in [-0.3, -0.25) is 9.36 Å². The van der Waals surface area contributed by atoms with Crippen LogP contribution in [0.15, 0.2) is 126 Å². The van der Waals surface area contributed by atoms with Crippen LogP contribution in [0, 0.1) is 0 Å². The highest BCUT2D eigenvalue weighted by atomic mass is 31.2. The van der Waals surface area contributed by atoms with E-state index in [2.05, 4.69) is 39.2 Å². The summed E-state index contributed by atoms with van der Waals surface area (Å²) in [5.41, 5.74) is 2.14. The molecule has 3 fully saturated rings. The van der Waals surface area contributed by atoms with Crippen LogP contribution >= 0.6 is 8.53 Å². The molecule has 8 rings (SSSR count). The van der Waals surface area contributed by atoms with Gasteiger partial charge in [-0.15, -0.1) is 0 Å². The molecule has 3 aliphatic heterocycles. The molecular formula is C43H45N4O8P. The molecule has 4 aromatic carbocycles. The number of fused-ring (bicyclic) bond motifs is 1. The summed E-state index contributed by atoms with van der Waals surface area (Å²) in [6.45, 7) is 2.33. The third kappa shape index (κ3) is 7.61. The third-order valence-electron chi connectivity index (χ3n) is 10.6. The second-order valence-electron chi connectivity index (χ2n) is 14.1. The summed E-state index contributed by atoms with van der Waals surface area (Å²) in [5, 5.41) is 2.58. The summed E-state index contributed by atoms with van der Waals surface area (Å²) in [7, 11) is 1.83. The van der Waals surface area contributed by atoms with Crippen molar-refractivity contribution in [2.24, 2.45) is 0 Å². The van der Waals surface area contributed by atoms with Crippen LogP contribution in [0.3, 0.4) is 0 Å². The first-order valence-electron chi connectivity index (χ1n) is 18.8. The maximum absolute atomic E-state index is 13.4. The SMILES string of the molecule is COc1ccc(C(OCC2OC(n3ccc(NC(C)=O)nc3=O)CC2O[P@@]2O[C@H](c3ccccc3)[C@@H]3CCCN32)(c2ccccc2)c2ccc(OC)cc2)cc1. The van der Waals surface area contributed by atoms with Crippen molar-refractivity contribution in [3.8, 4) is 11.5 Å². The van der Waals surface area contributed by atoms with Gasteiger partial charge in [0.05, 0.1) is 26.9 Å². The lowest BCUT2D eigenvalue weighted by Gasteiger charge is -2.37. The molecule has 0 aliphatic carbocycles. The van der Waals surface area contributed by atoms with E-state index in [1.165, 1.54) is 11.5 Å². The van der Waals surface area contributed by atoms with Gasteiger partial charge in [0.25, 0.3) is 8.53 Å². The molecule has 1 N–H and O–H groups in total. The molecule has 3 saturated heterocycles. The Bertz CT molecular complexity index is 2110. The first-order chi connectivity index (χ1) is 27.4. The summed E-state index contributed by atoms with van der Waals surface area (Å²) in [6, 6.07) is 37.9. The molecule has 56 heavy (non-hydrogen) atoms. The monoisotopic (exact) mass is 776 g/mol. The highest BCUT2D eigenvalue weighted by molar-refractivity contribution is 7.45. The van der Waals surface area contributed by atoms with Crippen molar-refractivity contribution in [2.45, 2.75) is 62.4 Å². The lowest BCUT2D eigenvalue weighted by atomic mass is 9.80. The first kappa shape index (κ1) is 38.0.